The van der Waals surface area contributed by atoms with E-state index in [1.807, 2.05) is 13.0 Å². The summed E-state index contributed by atoms with van der Waals surface area (Å²) in [6.45, 7) is 7.88. The zero-order chi connectivity index (χ0) is 23.8. The fourth-order valence-electron chi connectivity index (χ4n) is 4.19. The van der Waals surface area contributed by atoms with Crippen LogP contribution in [0.2, 0.25) is 5.02 Å². The van der Waals surface area contributed by atoms with Crippen LogP contribution in [0.25, 0.3) is 10.4 Å². The van der Waals surface area contributed by atoms with Crippen molar-refractivity contribution in [2.75, 3.05) is 29.8 Å². The van der Waals surface area contributed by atoms with Gasteiger partial charge in [0.05, 0.1) is 23.5 Å². The van der Waals surface area contributed by atoms with Crippen LogP contribution in [0, 0.1) is 6.92 Å². The fourth-order valence-corrected chi connectivity index (χ4v) is 6.68. The Bertz CT molecular complexity index is 1250. The van der Waals surface area contributed by atoms with E-state index in [1.165, 1.54) is 0 Å². The number of hydrogen-bond acceptors (Lipinski definition) is 6. The van der Waals surface area contributed by atoms with Gasteiger partial charge in [0.25, 0.3) is 10.0 Å². The third kappa shape index (κ3) is 5.30. The highest BCUT2D eigenvalue weighted by atomic mass is 35.5. The molecule has 0 bridgehead atoms. The molecule has 0 amide bonds. The first-order chi connectivity index (χ1) is 15.7. The van der Waals surface area contributed by atoms with Crippen molar-refractivity contribution >= 4 is 44.3 Å². The molecule has 2 aromatic carbocycles. The third-order valence-electron chi connectivity index (χ3n) is 5.57. The van der Waals surface area contributed by atoms with Crippen molar-refractivity contribution in [2.24, 2.45) is 0 Å². The number of methoxy groups -OCH3 is 1. The van der Waals surface area contributed by atoms with Gasteiger partial charge in [0.2, 0.25) is 0 Å². The number of aryl methyl sites for hydroxylation is 1. The average Bonchev–Trinajstić information content (AvgIpc) is 3.19. The van der Waals surface area contributed by atoms with E-state index in [0.717, 1.165) is 34.8 Å². The minimum absolute atomic E-state index is 0.0444. The molecule has 1 fully saturated rings. The van der Waals surface area contributed by atoms with E-state index in [2.05, 4.69) is 40.2 Å². The maximum absolute atomic E-state index is 13.2. The molecule has 33 heavy (non-hydrogen) atoms. The van der Waals surface area contributed by atoms with Crippen molar-refractivity contribution in [1.82, 2.24) is 5.32 Å². The van der Waals surface area contributed by atoms with Gasteiger partial charge in [-0.3, -0.25) is 4.72 Å². The smallest absolute Gasteiger partial charge is 0.263 e. The van der Waals surface area contributed by atoms with E-state index >= 15 is 0 Å². The van der Waals surface area contributed by atoms with Gasteiger partial charge in [-0.1, -0.05) is 17.7 Å². The molecule has 0 radical (unpaired) electrons. The molecule has 176 valence electrons. The molecule has 1 aliphatic rings. The van der Waals surface area contributed by atoms with Crippen LogP contribution >= 0.6 is 22.9 Å². The molecule has 9 heteroatoms. The number of halogens is 1. The maximum atomic E-state index is 13.2. The van der Waals surface area contributed by atoms with Crippen molar-refractivity contribution in [3.63, 3.8) is 0 Å². The molecule has 3 aromatic rings. The van der Waals surface area contributed by atoms with Crippen molar-refractivity contribution in [1.29, 1.82) is 0 Å². The second kappa shape index (κ2) is 9.54. The van der Waals surface area contributed by atoms with Crippen LogP contribution in [0.15, 0.2) is 52.7 Å². The maximum Gasteiger partial charge on any atom is 0.263 e. The highest BCUT2D eigenvalue weighted by Crippen LogP contribution is 2.35. The van der Waals surface area contributed by atoms with Crippen LogP contribution in [0.3, 0.4) is 0 Å². The summed E-state index contributed by atoms with van der Waals surface area (Å²) in [5, 5.41) is 5.74. The molecule has 1 aliphatic heterocycles. The Labute approximate surface area is 204 Å². The number of sulfonamides is 1. The van der Waals surface area contributed by atoms with E-state index in [0.29, 0.717) is 23.5 Å². The van der Waals surface area contributed by atoms with Crippen LogP contribution in [-0.2, 0) is 10.0 Å². The van der Waals surface area contributed by atoms with Crippen molar-refractivity contribution < 1.29 is 13.2 Å². The van der Waals surface area contributed by atoms with Gasteiger partial charge in [-0.05, 0) is 73.7 Å². The third-order valence-corrected chi connectivity index (χ3v) is 8.53. The van der Waals surface area contributed by atoms with Gasteiger partial charge in [-0.15, -0.1) is 11.3 Å². The van der Waals surface area contributed by atoms with Crippen LogP contribution in [-0.4, -0.2) is 40.7 Å². The molecule has 0 aliphatic carbocycles. The predicted octanol–water partition coefficient (Wildman–Crippen LogP) is 5.37. The Hall–Kier alpha value is -2.26. The Morgan fingerprint density at radius 2 is 1.85 bits per heavy atom. The summed E-state index contributed by atoms with van der Waals surface area (Å²) < 4.78 is 34.6. The van der Waals surface area contributed by atoms with Gasteiger partial charge in [-0.2, -0.15) is 0 Å². The summed E-state index contributed by atoms with van der Waals surface area (Å²) in [5.74, 6) is 0.702. The lowest BCUT2D eigenvalue weighted by molar-refractivity contribution is 0.391. The molecule has 0 spiro atoms. The number of ether oxygens (including phenoxy) is 1. The summed E-state index contributed by atoms with van der Waals surface area (Å²) in [4.78, 5) is 3.31. The molecular weight excluding hydrogens is 478 g/mol. The highest BCUT2D eigenvalue weighted by Gasteiger charge is 2.25. The zero-order valence-electron chi connectivity index (χ0n) is 19.1. The number of piperazine rings is 1. The second-order valence-corrected chi connectivity index (χ2v) is 11.5. The first kappa shape index (κ1) is 23.9. The molecule has 6 nitrogen and oxygen atoms in total. The number of nitrogens with zero attached hydrogens (tertiary/aromatic N) is 1. The standard InChI is InChI=1S/C24H28ClN3O3S2/c1-15-9-23(32-14-15)18-5-8-24(20(25)10-18)33(29,30)27-19-6-7-22(31-4)21(11-19)28-12-16(2)26-17(3)13-28/h5-11,14,16-17,26-27H,12-13H2,1-4H3. The molecule has 1 saturated heterocycles. The lowest BCUT2D eigenvalue weighted by Gasteiger charge is -2.38. The summed E-state index contributed by atoms with van der Waals surface area (Å²) in [5.41, 5.74) is 3.37. The molecule has 0 saturated carbocycles. The SMILES string of the molecule is COc1ccc(NS(=O)(=O)c2ccc(-c3cc(C)cs3)cc2Cl)cc1N1CC(C)NC(C)C1. The Morgan fingerprint density at radius 1 is 1.12 bits per heavy atom. The zero-order valence-corrected chi connectivity index (χ0v) is 21.4. The summed E-state index contributed by atoms with van der Waals surface area (Å²) >= 11 is 8.02. The number of rotatable bonds is 6. The van der Waals surface area contributed by atoms with Crippen molar-refractivity contribution in [3.05, 3.63) is 58.4 Å². The fraction of sp³-hybridized carbons (Fsp3) is 0.333. The normalized spacial score (nSPS) is 18.9. The lowest BCUT2D eigenvalue weighted by Crippen LogP contribution is -2.54. The molecule has 1 aromatic heterocycles. The Balaban J connectivity index is 1.62. The number of nitrogens with one attached hydrogen (secondary N) is 2. The van der Waals surface area contributed by atoms with Gasteiger partial charge in [0, 0.05) is 30.1 Å². The lowest BCUT2D eigenvalue weighted by atomic mass is 10.1. The minimum atomic E-state index is -3.88. The van der Waals surface area contributed by atoms with Gasteiger partial charge in [0.15, 0.2) is 0 Å². The van der Waals surface area contributed by atoms with Crippen LogP contribution < -0.4 is 19.7 Å². The predicted molar refractivity (Wildman–Crippen MR) is 138 cm³/mol. The summed E-state index contributed by atoms with van der Waals surface area (Å²) in [7, 11) is -2.26. The van der Waals surface area contributed by atoms with Gasteiger partial charge >= 0.3 is 0 Å². The monoisotopic (exact) mass is 505 g/mol. The Kier molecular flexibility index (Phi) is 6.91. The number of anilines is 2. The van der Waals surface area contributed by atoms with Crippen molar-refractivity contribution in [3.8, 4) is 16.2 Å². The summed E-state index contributed by atoms with van der Waals surface area (Å²) in [6, 6.07) is 13.0. The largest absolute Gasteiger partial charge is 0.495 e. The summed E-state index contributed by atoms with van der Waals surface area (Å²) in [6.07, 6.45) is 0. The molecular formula is C24H28ClN3O3S2. The van der Waals surface area contributed by atoms with Gasteiger partial charge in [0.1, 0.15) is 10.6 Å². The quantitative estimate of drug-likeness (QED) is 0.471. The van der Waals surface area contributed by atoms with Gasteiger partial charge in [-0.25, -0.2) is 8.42 Å². The highest BCUT2D eigenvalue weighted by molar-refractivity contribution is 7.92. The number of hydrogen-bond donors (Lipinski definition) is 2. The van der Waals surface area contributed by atoms with E-state index in [1.54, 1.807) is 48.8 Å². The van der Waals surface area contributed by atoms with Crippen LogP contribution in [0.1, 0.15) is 19.4 Å². The molecule has 2 atom stereocenters. The van der Waals surface area contributed by atoms with E-state index in [9.17, 15) is 8.42 Å². The first-order valence-electron chi connectivity index (χ1n) is 10.7. The van der Waals surface area contributed by atoms with Crippen molar-refractivity contribution in [2.45, 2.75) is 37.8 Å². The van der Waals surface area contributed by atoms with Crippen LogP contribution in [0.4, 0.5) is 11.4 Å². The molecule has 4 rings (SSSR count). The Morgan fingerprint density at radius 3 is 2.45 bits per heavy atom. The van der Waals surface area contributed by atoms with E-state index in [4.69, 9.17) is 16.3 Å². The minimum Gasteiger partial charge on any atom is -0.495 e. The first-order valence-corrected chi connectivity index (χ1v) is 13.5. The second-order valence-electron chi connectivity index (χ2n) is 8.50. The topological polar surface area (TPSA) is 70.7 Å². The molecule has 2 N–H and O–H groups in total. The molecule has 2 heterocycles. The number of thiophene rings is 1. The number of benzene rings is 2. The van der Waals surface area contributed by atoms with Crippen LogP contribution in [0.5, 0.6) is 5.75 Å². The molecule has 2 unspecified atom stereocenters. The van der Waals surface area contributed by atoms with E-state index in [-0.39, 0.29) is 9.92 Å². The van der Waals surface area contributed by atoms with E-state index < -0.39 is 10.0 Å². The average molecular weight is 506 g/mol. The van der Waals surface area contributed by atoms with Gasteiger partial charge < -0.3 is 15.0 Å².